The van der Waals surface area contributed by atoms with Crippen molar-refractivity contribution in [3.63, 3.8) is 0 Å². The zero-order valence-electron chi connectivity index (χ0n) is 9.41. The predicted molar refractivity (Wildman–Crippen MR) is 68.2 cm³/mol. The summed E-state index contributed by atoms with van der Waals surface area (Å²) in [5.41, 5.74) is 1.54. The lowest BCUT2D eigenvalue weighted by Gasteiger charge is -2.23. The number of hydrogen-bond acceptors (Lipinski definition) is 1. The second kappa shape index (κ2) is 5.60. The van der Waals surface area contributed by atoms with Gasteiger partial charge in [-0.05, 0) is 37.3 Å². The Kier molecular flexibility index (Phi) is 4.13. The molecule has 0 aromatic heterocycles. The maximum atomic E-state index is 2.52. The van der Waals surface area contributed by atoms with Gasteiger partial charge in [0.1, 0.15) is 0 Å². The van der Waals surface area contributed by atoms with Gasteiger partial charge >= 0.3 is 0 Å². The second-order valence-electron chi connectivity index (χ2n) is 4.18. The highest BCUT2D eigenvalue weighted by atomic mass is 32.2. The van der Waals surface area contributed by atoms with E-state index < -0.39 is 0 Å². The van der Waals surface area contributed by atoms with Gasteiger partial charge in [-0.1, -0.05) is 38.0 Å². The molecule has 1 aliphatic heterocycles. The smallest absolute Gasteiger partial charge is 0.0129 e. The minimum atomic E-state index is 0.756. The first-order chi connectivity index (χ1) is 7.40. The lowest BCUT2D eigenvalue weighted by molar-refractivity contribution is 0.713. The molecule has 0 fully saturated rings. The van der Waals surface area contributed by atoms with Gasteiger partial charge in [-0.2, -0.15) is 0 Å². The van der Waals surface area contributed by atoms with Gasteiger partial charge in [0.15, 0.2) is 0 Å². The van der Waals surface area contributed by atoms with Crippen LogP contribution in [0.1, 0.15) is 38.2 Å². The molecule has 1 unspecified atom stereocenters. The van der Waals surface area contributed by atoms with E-state index in [0.717, 1.165) is 5.25 Å². The number of unbranched alkanes of at least 4 members (excludes halogenated alkanes) is 2. The van der Waals surface area contributed by atoms with Gasteiger partial charge in [-0.3, -0.25) is 0 Å². The molecule has 0 saturated carbocycles. The minimum Gasteiger partial charge on any atom is -0.122 e. The molecule has 1 aromatic rings. The molecule has 0 spiro atoms. The molecule has 81 valence electrons. The fourth-order valence-electron chi connectivity index (χ4n) is 2.02. The highest BCUT2D eigenvalue weighted by Gasteiger charge is 2.18. The van der Waals surface area contributed by atoms with E-state index in [2.05, 4.69) is 49.4 Å². The number of rotatable bonds is 4. The normalized spacial score (nSPS) is 19.9. The van der Waals surface area contributed by atoms with E-state index in [1.165, 1.54) is 37.0 Å². The molecule has 0 nitrogen and oxygen atoms in total. The molecule has 15 heavy (non-hydrogen) atoms. The van der Waals surface area contributed by atoms with E-state index >= 15 is 0 Å². The van der Waals surface area contributed by atoms with Crippen LogP contribution in [0.4, 0.5) is 0 Å². The topological polar surface area (TPSA) is 0 Å². The Morgan fingerprint density at radius 2 is 2.27 bits per heavy atom. The monoisotopic (exact) mass is 219 g/mol. The summed E-state index contributed by atoms with van der Waals surface area (Å²) >= 11 is 2.05. The molecule has 1 heteroatoms. The van der Waals surface area contributed by atoms with Crippen molar-refractivity contribution in [2.24, 2.45) is 0 Å². The molecule has 1 radical (unpaired) electrons. The van der Waals surface area contributed by atoms with Gasteiger partial charge in [0.25, 0.3) is 0 Å². The SMILES string of the molecule is CCCC[CH]C1CCc2ccccc2S1. The van der Waals surface area contributed by atoms with Crippen molar-refractivity contribution in [1.82, 2.24) is 0 Å². The van der Waals surface area contributed by atoms with E-state index in [1.807, 2.05) is 0 Å². The molecule has 0 aliphatic carbocycles. The van der Waals surface area contributed by atoms with E-state index in [9.17, 15) is 0 Å². The molecule has 1 heterocycles. The lowest BCUT2D eigenvalue weighted by Crippen LogP contribution is -2.11. The van der Waals surface area contributed by atoms with Gasteiger partial charge in [0.05, 0.1) is 0 Å². The maximum Gasteiger partial charge on any atom is 0.0129 e. The zero-order chi connectivity index (χ0) is 10.5. The number of fused-ring (bicyclic) bond motifs is 1. The fraction of sp³-hybridized carbons (Fsp3) is 0.500. The average Bonchev–Trinajstić information content (AvgIpc) is 2.29. The van der Waals surface area contributed by atoms with Crippen molar-refractivity contribution in [2.75, 3.05) is 0 Å². The van der Waals surface area contributed by atoms with Gasteiger partial charge in [-0.25, -0.2) is 0 Å². The first kappa shape index (κ1) is 11.1. The summed E-state index contributed by atoms with van der Waals surface area (Å²) in [6.07, 6.45) is 9.05. The molecule has 0 N–H and O–H groups in total. The maximum absolute atomic E-state index is 2.52. The second-order valence-corrected chi connectivity index (χ2v) is 5.46. The van der Waals surface area contributed by atoms with Gasteiger partial charge in [-0.15, -0.1) is 11.8 Å². The third kappa shape index (κ3) is 3.01. The highest BCUT2D eigenvalue weighted by molar-refractivity contribution is 8.00. The van der Waals surface area contributed by atoms with Crippen molar-refractivity contribution in [1.29, 1.82) is 0 Å². The molecule has 0 bridgehead atoms. The average molecular weight is 219 g/mol. The highest BCUT2D eigenvalue weighted by Crippen LogP contribution is 2.36. The van der Waals surface area contributed by atoms with Crippen LogP contribution in [-0.4, -0.2) is 5.25 Å². The largest absolute Gasteiger partial charge is 0.122 e. The molecular weight excluding hydrogens is 200 g/mol. The van der Waals surface area contributed by atoms with Crippen LogP contribution in [0.25, 0.3) is 0 Å². The van der Waals surface area contributed by atoms with Crippen LogP contribution in [0.3, 0.4) is 0 Å². The molecule has 1 aliphatic rings. The van der Waals surface area contributed by atoms with Crippen LogP contribution >= 0.6 is 11.8 Å². The fourth-order valence-corrected chi connectivity index (χ4v) is 3.29. The summed E-state index contributed by atoms with van der Waals surface area (Å²) in [5, 5.41) is 0.756. The van der Waals surface area contributed by atoms with Gasteiger partial charge < -0.3 is 0 Å². The molecule has 1 atom stereocenters. The molecule has 0 amide bonds. The lowest BCUT2D eigenvalue weighted by atomic mass is 10.0. The Bertz CT molecular complexity index is 306. The first-order valence-electron chi connectivity index (χ1n) is 5.98. The van der Waals surface area contributed by atoms with Gasteiger partial charge in [0.2, 0.25) is 0 Å². The van der Waals surface area contributed by atoms with E-state index in [4.69, 9.17) is 0 Å². The summed E-state index contributed by atoms with van der Waals surface area (Å²) in [6, 6.07) is 8.84. The summed E-state index contributed by atoms with van der Waals surface area (Å²) < 4.78 is 0. The summed E-state index contributed by atoms with van der Waals surface area (Å²) in [7, 11) is 0. The zero-order valence-corrected chi connectivity index (χ0v) is 10.2. The Morgan fingerprint density at radius 3 is 3.13 bits per heavy atom. The van der Waals surface area contributed by atoms with Crippen molar-refractivity contribution >= 4 is 11.8 Å². The Balaban J connectivity index is 1.88. The minimum absolute atomic E-state index is 0.756. The van der Waals surface area contributed by atoms with E-state index in [0.29, 0.717) is 0 Å². The summed E-state index contributed by atoms with van der Waals surface area (Å²) in [6.45, 7) is 2.26. The Morgan fingerprint density at radius 1 is 1.40 bits per heavy atom. The Hall–Kier alpha value is -0.430. The van der Waals surface area contributed by atoms with E-state index in [1.54, 1.807) is 5.56 Å². The van der Waals surface area contributed by atoms with Crippen molar-refractivity contribution in [3.05, 3.63) is 36.2 Å². The molecule has 0 saturated heterocycles. The van der Waals surface area contributed by atoms with Crippen molar-refractivity contribution in [2.45, 2.75) is 49.2 Å². The quantitative estimate of drug-likeness (QED) is 0.672. The van der Waals surface area contributed by atoms with Crippen LogP contribution in [0.5, 0.6) is 0 Å². The number of benzene rings is 1. The van der Waals surface area contributed by atoms with Crippen LogP contribution in [-0.2, 0) is 6.42 Å². The van der Waals surface area contributed by atoms with E-state index in [-0.39, 0.29) is 0 Å². The third-order valence-corrected chi connectivity index (χ3v) is 4.32. The van der Waals surface area contributed by atoms with Gasteiger partial charge in [0, 0.05) is 10.1 Å². The molecular formula is C14H19S. The Labute approximate surface area is 97.5 Å². The summed E-state index contributed by atoms with van der Waals surface area (Å²) in [5.74, 6) is 0. The van der Waals surface area contributed by atoms with Crippen LogP contribution in [0, 0.1) is 6.42 Å². The number of thioether (sulfide) groups is 1. The van der Waals surface area contributed by atoms with Crippen LogP contribution < -0.4 is 0 Å². The third-order valence-electron chi connectivity index (χ3n) is 2.94. The van der Waals surface area contributed by atoms with Crippen molar-refractivity contribution in [3.8, 4) is 0 Å². The van der Waals surface area contributed by atoms with Crippen molar-refractivity contribution < 1.29 is 0 Å². The molecule has 2 rings (SSSR count). The van der Waals surface area contributed by atoms with Crippen LogP contribution in [0.2, 0.25) is 0 Å². The first-order valence-corrected chi connectivity index (χ1v) is 6.86. The molecule has 1 aromatic carbocycles. The standard InChI is InChI=1S/C14H19S/c1-2-3-4-8-13-11-10-12-7-5-6-9-14(12)15-13/h5-9,13H,2-4,10-11H2,1H3. The summed E-state index contributed by atoms with van der Waals surface area (Å²) in [4.78, 5) is 1.50. The number of hydrogen-bond donors (Lipinski definition) is 0. The number of aryl methyl sites for hydroxylation is 1. The predicted octanol–water partition coefficient (Wildman–Crippen LogP) is 4.49. The van der Waals surface area contributed by atoms with Crippen LogP contribution in [0.15, 0.2) is 29.2 Å².